The molecule has 2 heterocycles. The highest BCUT2D eigenvalue weighted by Gasteiger charge is 2.34. The minimum absolute atomic E-state index is 0.00717. The normalized spacial score (nSPS) is 16.2. The van der Waals surface area contributed by atoms with Crippen LogP contribution in [-0.4, -0.2) is 65.1 Å². The fourth-order valence-electron chi connectivity index (χ4n) is 4.40. The standard InChI is InChI=1S/C25H25N3O5S/c1-2-15-12-27(13-15)20-10-9-18-22-16(20)6-5-7-17(22)23(30)28(24(18)31)11-4-3-8-21(29)26-19(14-34)25(32)33/h1,5-7,9-10,15,19,34H,3-4,8,11-14H2,(H,26,29)(H,32,33). The van der Waals surface area contributed by atoms with E-state index in [0.717, 1.165) is 24.2 Å². The molecule has 2 N–H and O–H groups in total. The number of terminal acetylenes is 1. The summed E-state index contributed by atoms with van der Waals surface area (Å²) < 4.78 is 0. The summed E-state index contributed by atoms with van der Waals surface area (Å²) in [5.41, 5.74) is 1.94. The lowest BCUT2D eigenvalue weighted by molar-refractivity contribution is -0.141. The van der Waals surface area contributed by atoms with Gasteiger partial charge in [0.15, 0.2) is 0 Å². The zero-order valence-electron chi connectivity index (χ0n) is 18.5. The first-order chi connectivity index (χ1) is 16.3. The second-order valence-corrected chi connectivity index (χ2v) is 8.85. The van der Waals surface area contributed by atoms with Crippen LogP contribution >= 0.6 is 12.6 Å². The highest BCUT2D eigenvalue weighted by atomic mass is 32.1. The average molecular weight is 480 g/mol. The van der Waals surface area contributed by atoms with Gasteiger partial charge in [-0.2, -0.15) is 12.6 Å². The highest BCUT2D eigenvalue weighted by Crippen LogP contribution is 2.38. The molecule has 2 aliphatic heterocycles. The van der Waals surface area contributed by atoms with E-state index in [1.807, 2.05) is 18.2 Å². The van der Waals surface area contributed by atoms with E-state index >= 15 is 0 Å². The monoisotopic (exact) mass is 479 g/mol. The molecule has 2 aliphatic rings. The predicted molar refractivity (Wildman–Crippen MR) is 131 cm³/mol. The van der Waals surface area contributed by atoms with Crippen LogP contribution in [0.15, 0.2) is 30.3 Å². The molecule has 3 amide bonds. The summed E-state index contributed by atoms with van der Waals surface area (Å²) in [5.74, 6) is 0.701. The lowest BCUT2D eigenvalue weighted by Gasteiger charge is -2.39. The first-order valence-electron chi connectivity index (χ1n) is 11.1. The molecule has 0 aliphatic carbocycles. The largest absolute Gasteiger partial charge is 0.480 e. The molecule has 1 atom stereocenters. The molecule has 0 radical (unpaired) electrons. The van der Waals surface area contributed by atoms with Gasteiger partial charge in [-0.1, -0.05) is 18.1 Å². The van der Waals surface area contributed by atoms with Gasteiger partial charge in [-0.3, -0.25) is 19.3 Å². The fourth-order valence-corrected chi connectivity index (χ4v) is 4.65. The van der Waals surface area contributed by atoms with Crippen molar-refractivity contribution in [2.24, 2.45) is 5.92 Å². The van der Waals surface area contributed by atoms with Crippen LogP contribution in [0.4, 0.5) is 5.69 Å². The number of carboxylic acids is 1. The van der Waals surface area contributed by atoms with Crippen molar-refractivity contribution in [1.82, 2.24) is 10.2 Å². The van der Waals surface area contributed by atoms with Crippen molar-refractivity contribution < 1.29 is 24.3 Å². The number of carbonyl (C=O) groups is 4. The number of benzene rings is 2. The van der Waals surface area contributed by atoms with Crippen LogP contribution in [0.3, 0.4) is 0 Å². The van der Waals surface area contributed by atoms with Gasteiger partial charge in [0.2, 0.25) is 5.91 Å². The Hall–Kier alpha value is -3.51. The number of carbonyl (C=O) groups excluding carboxylic acids is 3. The third-order valence-electron chi connectivity index (χ3n) is 6.28. The molecule has 2 aromatic carbocycles. The van der Waals surface area contributed by atoms with E-state index in [4.69, 9.17) is 11.5 Å². The Morgan fingerprint density at radius 2 is 1.85 bits per heavy atom. The summed E-state index contributed by atoms with van der Waals surface area (Å²) in [6.45, 7) is 1.67. The molecule has 0 aromatic heterocycles. The van der Waals surface area contributed by atoms with Crippen LogP contribution in [-0.2, 0) is 9.59 Å². The summed E-state index contributed by atoms with van der Waals surface area (Å²) in [6, 6.07) is 8.10. The molecule has 9 heteroatoms. The van der Waals surface area contributed by atoms with Crippen LogP contribution in [0, 0.1) is 18.3 Å². The number of hydrogen-bond donors (Lipinski definition) is 3. The summed E-state index contributed by atoms with van der Waals surface area (Å²) in [5, 5.41) is 12.9. The van der Waals surface area contributed by atoms with Gasteiger partial charge in [-0.05, 0) is 31.0 Å². The van der Waals surface area contributed by atoms with E-state index < -0.39 is 17.9 Å². The number of imide groups is 1. The third-order valence-corrected chi connectivity index (χ3v) is 6.64. The number of anilines is 1. The Morgan fingerprint density at radius 1 is 1.15 bits per heavy atom. The molecule has 0 bridgehead atoms. The van der Waals surface area contributed by atoms with Gasteiger partial charge in [0.25, 0.3) is 11.8 Å². The fraction of sp³-hybridized carbons (Fsp3) is 0.360. The second kappa shape index (κ2) is 9.77. The van der Waals surface area contributed by atoms with Crippen molar-refractivity contribution in [3.63, 3.8) is 0 Å². The average Bonchev–Trinajstić information content (AvgIpc) is 2.79. The van der Waals surface area contributed by atoms with Crippen molar-refractivity contribution >= 4 is 52.8 Å². The molecule has 1 fully saturated rings. The van der Waals surface area contributed by atoms with Crippen LogP contribution in [0.5, 0.6) is 0 Å². The van der Waals surface area contributed by atoms with Crippen molar-refractivity contribution in [1.29, 1.82) is 0 Å². The lowest BCUT2D eigenvalue weighted by atomic mass is 9.91. The van der Waals surface area contributed by atoms with E-state index in [1.165, 1.54) is 4.90 Å². The molecule has 8 nitrogen and oxygen atoms in total. The Bertz CT molecular complexity index is 1190. The highest BCUT2D eigenvalue weighted by molar-refractivity contribution is 7.80. The second-order valence-electron chi connectivity index (χ2n) is 8.49. The van der Waals surface area contributed by atoms with Crippen molar-refractivity contribution in [2.75, 3.05) is 30.3 Å². The summed E-state index contributed by atoms with van der Waals surface area (Å²) in [7, 11) is 0. The smallest absolute Gasteiger partial charge is 0.327 e. The summed E-state index contributed by atoms with van der Waals surface area (Å²) in [6.07, 6.45) is 6.43. The first kappa shape index (κ1) is 23.6. The molecule has 4 rings (SSSR count). The van der Waals surface area contributed by atoms with Crippen LogP contribution in [0.25, 0.3) is 10.8 Å². The van der Waals surface area contributed by atoms with E-state index in [1.54, 1.807) is 12.1 Å². The Labute approximate surface area is 202 Å². The van der Waals surface area contributed by atoms with E-state index in [9.17, 15) is 19.2 Å². The van der Waals surface area contributed by atoms with Crippen LogP contribution in [0.2, 0.25) is 0 Å². The third kappa shape index (κ3) is 4.33. The Balaban J connectivity index is 1.44. The molecule has 0 saturated carbocycles. The number of hydrogen-bond acceptors (Lipinski definition) is 6. The number of thiol groups is 1. The Morgan fingerprint density at radius 3 is 2.50 bits per heavy atom. The van der Waals surface area contributed by atoms with Gasteiger partial charge in [-0.25, -0.2) is 4.79 Å². The molecule has 34 heavy (non-hydrogen) atoms. The quantitative estimate of drug-likeness (QED) is 0.220. The number of nitrogens with one attached hydrogen (secondary N) is 1. The van der Waals surface area contributed by atoms with Gasteiger partial charge in [-0.15, -0.1) is 6.42 Å². The first-order valence-corrected chi connectivity index (χ1v) is 11.7. The van der Waals surface area contributed by atoms with Crippen molar-refractivity contribution in [3.05, 3.63) is 41.5 Å². The number of carboxylic acid groups (broad SMARTS) is 1. The van der Waals surface area contributed by atoms with Crippen molar-refractivity contribution in [3.8, 4) is 12.3 Å². The molecular weight excluding hydrogens is 454 g/mol. The maximum atomic E-state index is 13.2. The zero-order chi connectivity index (χ0) is 24.4. The number of amides is 3. The molecule has 2 aromatic rings. The van der Waals surface area contributed by atoms with Crippen molar-refractivity contribution in [2.45, 2.75) is 25.3 Å². The molecular formula is C25H25N3O5S. The van der Waals surface area contributed by atoms with E-state index in [-0.39, 0.29) is 36.5 Å². The topological polar surface area (TPSA) is 107 Å². The Kier molecular flexibility index (Phi) is 6.80. The maximum Gasteiger partial charge on any atom is 0.327 e. The van der Waals surface area contributed by atoms with Gasteiger partial charge in [0, 0.05) is 59.4 Å². The number of rotatable bonds is 9. The van der Waals surface area contributed by atoms with Gasteiger partial charge in [0.1, 0.15) is 6.04 Å². The minimum atomic E-state index is -1.14. The number of unbranched alkanes of at least 4 members (excludes halogenated alkanes) is 1. The zero-order valence-corrected chi connectivity index (χ0v) is 19.4. The molecule has 1 saturated heterocycles. The predicted octanol–water partition coefficient (Wildman–Crippen LogP) is 2.17. The summed E-state index contributed by atoms with van der Waals surface area (Å²) in [4.78, 5) is 52.7. The van der Waals surface area contributed by atoms with Gasteiger partial charge < -0.3 is 15.3 Å². The lowest BCUT2D eigenvalue weighted by Crippen LogP contribution is -2.46. The minimum Gasteiger partial charge on any atom is -0.480 e. The van der Waals surface area contributed by atoms with Crippen LogP contribution < -0.4 is 10.2 Å². The maximum absolute atomic E-state index is 13.2. The molecule has 176 valence electrons. The SMILES string of the molecule is C#CC1CN(c2ccc3c4c(cccc24)C(=O)N(CCCCC(=O)NC(CS)C(=O)O)C3=O)C1. The van der Waals surface area contributed by atoms with Gasteiger partial charge >= 0.3 is 5.97 Å². The van der Waals surface area contributed by atoms with E-state index in [2.05, 4.69) is 28.8 Å². The number of aliphatic carboxylic acids is 1. The van der Waals surface area contributed by atoms with E-state index in [0.29, 0.717) is 29.4 Å². The van der Waals surface area contributed by atoms with Gasteiger partial charge in [0.05, 0.1) is 5.92 Å². The molecule has 1 unspecified atom stereocenters. The summed E-state index contributed by atoms with van der Waals surface area (Å²) >= 11 is 3.92. The number of nitrogens with zero attached hydrogens (tertiary/aromatic N) is 2. The van der Waals surface area contributed by atoms with Crippen LogP contribution in [0.1, 0.15) is 40.0 Å². The molecule has 0 spiro atoms.